The number of carbonyl (C=O) groups excluding carboxylic acids is 3. The summed E-state index contributed by atoms with van der Waals surface area (Å²) in [6, 6.07) is 12.1. The lowest BCUT2D eigenvalue weighted by molar-refractivity contribution is -0.122. The van der Waals surface area contributed by atoms with E-state index in [9.17, 15) is 14.4 Å². The molecular formula is C22H17BrN4O3. The number of imide groups is 2. The zero-order chi connectivity index (χ0) is 21.4. The predicted octanol–water partition coefficient (Wildman–Crippen LogP) is 3.92. The lowest BCUT2D eigenvalue weighted by Crippen LogP contribution is -2.54. The minimum Gasteiger partial charge on any atom is -0.318 e. The molecule has 3 heterocycles. The molecule has 1 aliphatic heterocycles. The van der Waals surface area contributed by atoms with Crippen molar-refractivity contribution < 1.29 is 14.4 Å². The lowest BCUT2D eigenvalue weighted by Gasteiger charge is -2.26. The summed E-state index contributed by atoms with van der Waals surface area (Å²) in [5.41, 5.74) is 3.65. The smallest absolute Gasteiger partial charge is 0.318 e. The summed E-state index contributed by atoms with van der Waals surface area (Å²) in [6.45, 7) is 3.86. The Kier molecular flexibility index (Phi) is 5.09. The van der Waals surface area contributed by atoms with Crippen LogP contribution in [0.25, 0.3) is 11.8 Å². The van der Waals surface area contributed by atoms with Crippen molar-refractivity contribution in [2.24, 2.45) is 0 Å². The van der Waals surface area contributed by atoms with Crippen LogP contribution in [0, 0.1) is 13.8 Å². The molecule has 30 heavy (non-hydrogen) atoms. The van der Waals surface area contributed by atoms with Gasteiger partial charge in [-0.05, 0) is 61.9 Å². The van der Waals surface area contributed by atoms with Gasteiger partial charge in [-0.1, -0.05) is 22.0 Å². The second-order valence-electron chi connectivity index (χ2n) is 6.81. The quantitative estimate of drug-likeness (QED) is 0.470. The average Bonchev–Trinajstić information content (AvgIpc) is 2.99. The van der Waals surface area contributed by atoms with Crippen LogP contribution in [0.2, 0.25) is 0 Å². The first-order valence-electron chi connectivity index (χ1n) is 9.13. The maximum absolute atomic E-state index is 13.0. The third kappa shape index (κ3) is 3.46. The minimum absolute atomic E-state index is 0.118. The molecule has 0 atom stereocenters. The predicted molar refractivity (Wildman–Crippen MR) is 116 cm³/mol. The van der Waals surface area contributed by atoms with Gasteiger partial charge in [0, 0.05) is 27.7 Å². The molecule has 0 spiro atoms. The summed E-state index contributed by atoms with van der Waals surface area (Å²) in [6.07, 6.45) is 4.45. The number of nitrogens with zero attached hydrogens (tertiary/aromatic N) is 3. The fraction of sp³-hybridized carbons (Fsp3) is 0.0909. The van der Waals surface area contributed by atoms with Gasteiger partial charge in [0.1, 0.15) is 5.57 Å². The monoisotopic (exact) mass is 464 g/mol. The Morgan fingerprint density at radius 3 is 2.50 bits per heavy atom. The van der Waals surface area contributed by atoms with Crippen LogP contribution in [-0.4, -0.2) is 27.4 Å². The van der Waals surface area contributed by atoms with Gasteiger partial charge >= 0.3 is 6.03 Å². The molecule has 1 N–H and O–H groups in total. The van der Waals surface area contributed by atoms with Gasteiger partial charge in [0.15, 0.2) is 0 Å². The van der Waals surface area contributed by atoms with E-state index in [2.05, 4.69) is 26.2 Å². The highest BCUT2D eigenvalue weighted by molar-refractivity contribution is 9.10. The third-order valence-electron chi connectivity index (χ3n) is 4.84. The van der Waals surface area contributed by atoms with Crippen molar-refractivity contribution in [3.63, 3.8) is 0 Å². The van der Waals surface area contributed by atoms with E-state index in [-0.39, 0.29) is 11.3 Å². The topological polar surface area (TPSA) is 84.3 Å². The zero-order valence-electron chi connectivity index (χ0n) is 16.2. The van der Waals surface area contributed by atoms with E-state index in [0.717, 1.165) is 26.4 Å². The molecule has 150 valence electrons. The molecule has 1 aliphatic rings. The van der Waals surface area contributed by atoms with Gasteiger partial charge in [-0.25, -0.2) is 9.69 Å². The van der Waals surface area contributed by atoms with Crippen molar-refractivity contribution in [2.45, 2.75) is 13.8 Å². The van der Waals surface area contributed by atoms with Crippen molar-refractivity contribution in [1.82, 2.24) is 14.9 Å². The number of anilines is 1. The van der Waals surface area contributed by atoms with E-state index < -0.39 is 17.8 Å². The van der Waals surface area contributed by atoms with E-state index >= 15 is 0 Å². The SMILES string of the molecule is Cc1cc(/C=C2\C(=O)NC(=O)N(c3cccnc3)C2=O)c(C)n1-c1cccc(Br)c1. The first-order valence-corrected chi connectivity index (χ1v) is 9.92. The number of nitrogens with one attached hydrogen (secondary N) is 1. The van der Waals surface area contributed by atoms with Gasteiger partial charge < -0.3 is 4.57 Å². The Balaban J connectivity index is 1.77. The normalized spacial score (nSPS) is 15.6. The highest BCUT2D eigenvalue weighted by Crippen LogP contribution is 2.26. The fourth-order valence-electron chi connectivity index (χ4n) is 3.48. The molecule has 0 saturated carbocycles. The average molecular weight is 465 g/mol. The number of amides is 4. The molecule has 0 aliphatic carbocycles. The van der Waals surface area contributed by atoms with Crippen LogP contribution in [0.15, 0.2) is 64.9 Å². The highest BCUT2D eigenvalue weighted by Gasteiger charge is 2.37. The first-order chi connectivity index (χ1) is 14.4. The number of barbiturate groups is 1. The van der Waals surface area contributed by atoms with Gasteiger partial charge in [-0.3, -0.25) is 19.9 Å². The maximum Gasteiger partial charge on any atom is 0.336 e. The van der Waals surface area contributed by atoms with Crippen LogP contribution in [-0.2, 0) is 9.59 Å². The minimum atomic E-state index is -0.797. The largest absolute Gasteiger partial charge is 0.336 e. The molecule has 4 rings (SSSR count). The van der Waals surface area contributed by atoms with Crippen LogP contribution in [0.3, 0.4) is 0 Å². The number of hydrogen-bond donors (Lipinski definition) is 1. The first kappa shape index (κ1) is 19.8. The number of hydrogen-bond acceptors (Lipinski definition) is 4. The lowest BCUT2D eigenvalue weighted by atomic mass is 10.1. The molecule has 1 aromatic carbocycles. The number of aromatic nitrogens is 2. The number of rotatable bonds is 3. The molecule has 0 unspecified atom stereocenters. The van der Waals surface area contributed by atoms with E-state index in [1.165, 1.54) is 18.5 Å². The van der Waals surface area contributed by atoms with Crippen LogP contribution in [0.4, 0.5) is 10.5 Å². The standard InChI is InChI=1S/C22H17BrN4O3/c1-13-9-15(14(2)26(13)17-6-3-5-16(23)11-17)10-19-20(28)25-22(30)27(21(19)29)18-7-4-8-24-12-18/h3-12H,1-2H3,(H,25,28,30)/b19-10+. The number of benzene rings is 1. The summed E-state index contributed by atoms with van der Waals surface area (Å²) in [5, 5.41) is 2.23. The maximum atomic E-state index is 13.0. The summed E-state index contributed by atoms with van der Waals surface area (Å²) >= 11 is 3.48. The van der Waals surface area contributed by atoms with Gasteiger partial charge in [0.05, 0.1) is 11.9 Å². The van der Waals surface area contributed by atoms with Crippen LogP contribution < -0.4 is 10.2 Å². The molecule has 1 saturated heterocycles. The third-order valence-corrected chi connectivity index (χ3v) is 5.34. The van der Waals surface area contributed by atoms with E-state index in [1.54, 1.807) is 12.1 Å². The van der Waals surface area contributed by atoms with Crippen molar-refractivity contribution >= 4 is 45.5 Å². The van der Waals surface area contributed by atoms with Gasteiger partial charge in [-0.2, -0.15) is 0 Å². The Morgan fingerprint density at radius 1 is 1.03 bits per heavy atom. The van der Waals surface area contributed by atoms with Crippen LogP contribution in [0.5, 0.6) is 0 Å². The Labute approximate surface area is 181 Å². The van der Waals surface area contributed by atoms with E-state index in [0.29, 0.717) is 5.56 Å². The Morgan fingerprint density at radius 2 is 1.80 bits per heavy atom. The molecule has 0 radical (unpaired) electrons. The molecule has 2 aromatic heterocycles. The van der Waals surface area contributed by atoms with Crippen LogP contribution >= 0.6 is 15.9 Å². The highest BCUT2D eigenvalue weighted by atomic mass is 79.9. The fourth-order valence-corrected chi connectivity index (χ4v) is 3.87. The molecule has 3 aromatic rings. The number of carbonyl (C=O) groups is 3. The second kappa shape index (κ2) is 7.72. The number of aryl methyl sites for hydroxylation is 1. The van der Waals surface area contributed by atoms with Gasteiger partial charge in [0.25, 0.3) is 11.8 Å². The zero-order valence-corrected chi connectivity index (χ0v) is 17.8. The van der Waals surface area contributed by atoms with Crippen molar-refractivity contribution in [3.05, 3.63) is 81.9 Å². The summed E-state index contributed by atoms with van der Waals surface area (Å²) < 4.78 is 2.98. The van der Waals surface area contributed by atoms with E-state index in [4.69, 9.17) is 0 Å². The molecule has 8 heteroatoms. The van der Waals surface area contributed by atoms with Crippen molar-refractivity contribution in [2.75, 3.05) is 4.90 Å². The molecular weight excluding hydrogens is 448 g/mol. The van der Waals surface area contributed by atoms with Crippen molar-refractivity contribution in [1.29, 1.82) is 0 Å². The summed E-state index contributed by atoms with van der Waals surface area (Å²) in [7, 11) is 0. The molecule has 7 nitrogen and oxygen atoms in total. The summed E-state index contributed by atoms with van der Waals surface area (Å²) in [4.78, 5) is 42.6. The molecule has 0 bridgehead atoms. The second-order valence-corrected chi connectivity index (χ2v) is 7.73. The Bertz CT molecular complexity index is 1210. The van der Waals surface area contributed by atoms with E-state index in [1.807, 2.05) is 48.7 Å². The summed E-state index contributed by atoms with van der Waals surface area (Å²) in [5.74, 6) is -1.42. The number of urea groups is 1. The Hall–Kier alpha value is -3.52. The van der Waals surface area contributed by atoms with Gasteiger partial charge in [0.2, 0.25) is 0 Å². The van der Waals surface area contributed by atoms with Gasteiger partial charge in [-0.15, -0.1) is 0 Å². The number of pyridine rings is 1. The number of halogens is 1. The molecule has 1 fully saturated rings. The van der Waals surface area contributed by atoms with Crippen molar-refractivity contribution in [3.8, 4) is 5.69 Å². The van der Waals surface area contributed by atoms with Crippen LogP contribution in [0.1, 0.15) is 17.0 Å². The molecule has 4 amide bonds.